The van der Waals surface area contributed by atoms with E-state index in [0.717, 1.165) is 70.9 Å². The number of carboxylic acids is 1. The lowest BCUT2D eigenvalue weighted by Crippen LogP contribution is -2.62. The van der Waals surface area contributed by atoms with Gasteiger partial charge in [-0.2, -0.15) is 0 Å². The molecule has 0 aliphatic heterocycles. The Hall–Kier alpha value is -0.870. The zero-order valence-corrected chi connectivity index (χ0v) is 17.8. The van der Waals surface area contributed by atoms with Gasteiger partial charge in [-0.05, 0) is 51.9 Å². The fourth-order valence-corrected chi connectivity index (χ4v) is 4.03. The van der Waals surface area contributed by atoms with E-state index < -0.39 is 18.1 Å². The molecular formula is C22H44NO3+. The predicted molar refractivity (Wildman–Crippen MR) is 110 cm³/mol. The summed E-state index contributed by atoms with van der Waals surface area (Å²) in [5, 5.41) is 20.6. The van der Waals surface area contributed by atoms with E-state index in [4.69, 9.17) is 0 Å². The number of aliphatic carboxylic acids is 1. The number of hydrogen-bond donors (Lipinski definition) is 2. The SMILES string of the molecule is C/C=C/CCCC(O)C[N+](CCCCC)(CCCCC)C(CC)C(=O)O. The predicted octanol–water partition coefficient (Wildman–Crippen LogP) is 5.15. The van der Waals surface area contributed by atoms with Crippen LogP contribution in [0.3, 0.4) is 0 Å². The number of nitrogens with zero attached hydrogens (tertiary/aromatic N) is 1. The van der Waals surface area contributed by atoms with Crippen molar-refractivity contribution in [2.24, 2.45) is 0 Å². The van der Waals surface area contributed by atoms with Gasteiger partial charge < -0.3 is 14.7 Å². The van der Waals surface area contributed by atoms with E-state index in [-0.39, 0.29) is 0 Å². The summed E-state index contributed by atoms with van der Waals surface area (Å²) in [6.07, 6.45) is 13.7. The summed E-state index contributed by atoms with van der Waals surface area (Å²) < 4.78 is 0.552. The molecule has 4 heteroatoms. The average Bonchev–Trinajstić information content (AvgIpc) is 2.59. The van der Waals surface area contributed by atoms with Crippen molar-refractivity contribution in [1.29, 1.82) is 0 Å². The minimum atomic E-state index is -0.707. The zero-order valence-electron chi connectivity index (χ0n) is 17.8. The smallest absolute Gasteiger partial charge is 0.362 e. The Labute approximate surface area is 161 Å². The van der Waals surface area contributed by atoms with Crippen LogP contribution < -0.4 is 0 Å². The molecule has 2 atom stereocenters. The van der Waals surface area contributed by atoms with Crippen LogP contribution in [0.25, 0.3) is 0 Å². The van der Waals surface area contributed by atoms with Gasteiger partial charge in [0.2, 0.25) is 0 Å². The van der Waals surface area contributed by atoms with Crippen molar-refractivity contribution in [3.05, 3.63) is 12.2 Å². The number of aliphatic hydroxyl groups excluding tert-OH is 1. The van der Waals surface area contributed by atoms with Gasteiger partial charge in [-0.1, -0.05) is 45.8 Å². The van der Waals surface area contributed by atoms with Crippen LogP contribution in [0, 0.1) is 0 Å². The Bertz CT molecular complexity index is 372. The second-order valence-corrected chi connectivity index (χ2v) is 7.68. The second kappa shape index (κ2) is 15.2. The van der Waals surface area contributed by atoms with Gasteiger partial charge in [0.05, 0.1) is 13.1 Å². The molecule has 0 aromatic rings. The van der Waals surface area contributed by atoms with Crippen molar-refractivity contribution in [1.82, 2.24) is 0 Å². The number of carboxylic acid groups (broad SMARTS) is 1. The molecule has 0 amide bonds. The lowest BCUT2D eigenvalue weighted by atomic mass is 10.0. The first-order valence-electron chi connectivity index (χ1n) is 10.8. The summed E-state index contributed by atoms with van der Waals surface area (Å²) in [6.45, 7) is 10.7. The fraction of sp³-hybridized carbons (Fsp3) is 0.864. The average molecular weight is 371 g/mol. The third kappa shape index (κ3) is 9.72. The summed E-state index contributed by atoms with van der Waals surface area (Å²) in [6, 6.07) is -0.408. The van der Waals surface area contributed by atoms with Gasteiger partial charge in [-0.3, -0.25) is 0 Å². The van der Waals surface area contributed by atoms with Crippen LogP contribution in [0.5, 0.6) is 0 Å². The highest BCUT2D eigenvalue weighted by atomic mass is 16.4. The highest BCUT2D eigenvalue weighted by Crippen LogP contribution is 2.24. The maximum Gasteiger partial charge on any atom is 0.362 e. The van der Waals surface area contributed by atoms with Crippen molar-refractivity contribution in [3.8, 4) is 0 Å². The summed E-state index contributed by atoms with van der Waals surface area (Å²) in [7, 11) is 0. The number of aliphatic hydroxyl groups is 1. The van der Waals surface area contributed by atoms with E-state index in [9.17, 15) is 15.0 Å². The first-order valence-corrected chi connectivity index (χ1v) is 10.8. The minimum absolute atomic E-state index is 0.408. The van der Waals surface area contributed by atoms with Gasteiger partial charge in [0.25, 0.3) is 0 Å². The Balaban J connectivity index is 5.26. The third-order valence-electron chi connectivity index (χ3n) is 5.47. The highest BCUT2D eigenvalue weighted by molar-refractivity contribution is 5.72. The molecule has 0 fully saturated rings. The lowest BCUT2D eigenvalue weighted by Gasteiger charge is -2.44. The van der Waals surface area contributed by atoms with Crippen LogP contribution in [0.2, 0.25) is 0 Å². The molecule has 26 heavy (non-hydrogen) atoms. The Morgan fingerprint density at radius 2 is 1.58 bits per heavy atom. The molecule has 2 N–H and O–H groups in total. The Kier molecular flexibility index (Phi) is 14.7. The summed E-state index contributed by atoms with van der Waals surface area (Å²) in [4.78, 5) is 12.0. The van der Waals surface area contributed by atoms with Crippen molar-refractivity contribution >= 4 is 5.97 Å². The molecular weight excluding hydrogens is 326 g/mol. The molecule has 0 aromatic carbocycles. The van der Waals surface area contributed by atoms with E-state index in [0.29, 0.717) is 17.4 Å². The molecule has 0 aliphatic carbocycles. The minimum Gasteiger partial charge on any atom is -0.477 e. The van der Waals surface area contributed by atoms with Gasteiger partial charge in [0.1, 0.15) is 12.6 Å². The second-order valence-electron chi connectivity index (χ2n) is 7.68. The molecule has 0 saturated carbocycles. The van der Waals surface area contributed by atoms with Gasteiger partial charge >= 0.3 is 5.97 Å². The molecule has 2 unspecified atom stereocenters. The monoisotopic (exact) mass is 370 g/mol. The number of carbonyl (C=O) groups is 1. The molecule has 4 nitrogen and oxygen atoms in total. The van der Waals surface area contributed by atoms with Crippen LogP contribution in [0.15, 0.2) is 12.2 Å². The summed E-state index contributed by atoms with van der Waals surface area (Å²) in [5.74, 6) is -0.707. The Morgan fingerprint density at radius 3 is 2.00 bits per heavy atom. The molecule has 0 spiro atoms. The van der Waals surface area contributed by atoms with E-state index >= 15 is 0 Å². The topological polar surface area (TPSA) is 57.5 Å². The summed E-state index contributed by atoms with van der Waals surface area (Å²) in [5.41, 5.74) is 0. The maximum atomic E-state index is 12.0. The first-order chi connectivity index (χ1) is 12.5. The summed E-state index contributed by atoms with van der Waals surface area (Å²) >= 11 is 0. The number of allylic oxidation sites excluding steroid dienone is 2. The Morgan fingerprint density at radius 1 is 1.00 bits per heavy atom. The van der Waals surface area contributed by atoms with Crippen LogP contribution in [-0.2, 0) is 4.79 Å². The fourth-order valence-electron chi connectivity index (χ4n) is 4.03. The molecule has 154 valence electrons. The zero-order chi connectivity index (χ0) is 19.8. The number of unbranched alkanes of at least 4 members (excludes halogenated alkanes) is 5. The molecule has 0 bridgehead atoms. The van der Waals surface area contributed by atoms with Gasteiger partial charge in [-0.15, -0.1) is 0 Å². The van der Waals surface area contributed by atoms with Gasteiger partial charge in [0.15, 0.2) is 6.04 Å². The standard InChI is InChI=1S/C22H43NO3/c1-5-9-12-13-16-20(24)19-23(17-14-10-6-2,18-15-11-7-3)21(8-4)22(25)26/h5,9,20-21,24H,6-8,10-19H2,1-4H3/p+1/b9-5+. The maximum absolute atomic E-state index is 12.0. The van der Waals surface area contributed by atoms with Gasteiger partial charge in [0, 0.05) is 6.42 Å². The molecule has 0 rings (SSSR count). The molecule has 0 radical (unpaired) electrons. The normalized spacial score (nSPS) is 14.7. The molecule has 0 aromatic heterocycles. The highest BCUT2D eigenvalue weighted by Gasteiger charge is 2.41. The van der Waals surface area contributed by atoms with Gasteiger partial charge in [-0.25, -0.2) is 4.79 Å². The van der Waals surface area contributed by atoms with E-state index in [1.165, 1.54) is 0 Å². The van der Waals surface area contributed by atoms with Crippen LogP contribution in [0.1, 0.15) is 91.9 Å². The van der Waals surface area contributed by atoms with Crippen molar-refractivity contribution < 1.29 is 19.5 Å². The third-order valence-corrected chi connectivity index (χ3v) is 5.47. The first kappa shape index (κ1) is 25.1. The van der Waals surface area contributed by atoms with Crippen LogP contribution in [-0.4, -0.2) is 52.4 Å². The lowest BCUT2D eigenvalue weighted by molar-refractivity contribution is -0.946. The largest absolute Gasteiger partial charge is 0.477 e. The van der Waals surface area contributed by atoms with E-state index in [1.807, 2.05) is 19.9 Å². The molecule has 0 aliphatic rings. The van der Waals surface area contributed by atoms with Crippen molar-refractivity contribution in [3.63, 3.8) is 0 Å². The van der Waals surface area contributed by atoms with Crippen molar-refractivity contribution in [2.45, 2.75) is 104 Å². The van der Waals surface area contributed by atoms with Crippen LogP contribution in [0.4, 0.5) is 0 Å². The van der Waals surface area contributed by atoms with E-state index in [1.54, 1.807) is 0 Å². The van der Waals surface area contributed by atoms with Crippen LogP contribution >= 0.6 is 0 Å². The number of rotatable bonds is 17. The van der Waals surface area contributed by atoms with E-state index in [2.05, 4.69) is 19.9 Å². The molecule has 0 heterocycles. The molecule has 0 saturated heterocycles. The van der Waals surface area contributed by atoms with Crippen molar-refractivity contribution in [2.75, 3.05) is 19.6 Å². The number of quaternary nitrogens is 1. The number of hydrogen-bond acceptors (Lipinski definition) is 2. The quantitative estimate of drug-likeness (QED) is 0.211.